The SMILES string of the molecule is O=C(Cc1ccccc1F)NCc1ccc2c(c1)NC(=O)CCO2. The minimum atomic E-state index is -0.391. The van der Waals surface area contributed by atoms with E-state index < -0.39 is 5.82 Å². The molecule has 0 spiro atoms. The monoisotopic (exact) mass is 328 g/mol. The average molecular weight is 328 g/mol. The van der Waals surface area contributed by atoms with Crippen LogP contribution in [0.15, 0.2) is 42.5 Å². The zero-order valence-electron chi connectivity index (χ0n) is 13.0. The van der Waals surface area contributed by atoms with Gasteiger partial charge < -0.3 is 15.4 Å². The van der Waals surface area contributed by atoms with Crippen LogP contribution in [-0.4, -0.2) is 18.4 Å². The van der Waals surface area contributed by atoms with E-state index in [0.29, 0.717) is 30.0 Å². The van der Waals surface area contributed by atoms with Gasteiger partial charge in [-0.25, -0.2) is 4.39 Å². The quantitative estimate of drug-likeness (QED) is 0.906. The van der Waals surface area contributed by atoms with E-state index in [9.17, 15) is 14.0 Å². The molecule has 0 bridgehead atoms. The number of carbonyl (C=O) groups is 2. The molecule has 1 aliphatic rings. The summed E-state index contributed by atoms with van der Waals surface area (Å²) in [7, 11) is 0. The van der Waals surface area contributed by atoms with Gasteiger partial charge in [-0.15, -0.1) is 0 Å². The third kappa shape index (κ3) is 3.90. The van der Waals surface area contributed by atoms with Crippen LogP contribution in [0.5, 0.6) is 5.75 Å². The maximum absolute atomic E-state index is 13.5. The number of rotatable bonds is 4. The Hall–Kier alpha value is -2.89. The highest BCUT2D eigenvalue weighted by Gasteiger charge is 2.14. The van der Waals surface area contributed by atoms with E-state index >= 15 is 0 Å². The number of ether oxygens (including phenoxy) is 1. The van der Waals surface area contributed by atoms with Crippen LogP contribution in [0.1, 0.15) is 17.5 Å². The van der Waals surface area contributed by atoms with Gasteiger partial charge in [0.05, 0.1) is 25.1 Å². The molecule has 2 aromatic rings. The number of amides is 2. The molecule has 2 amide bonds. The van der Waals surface area contributed by atoms with Gasteiger partial charge in [0.2, 0.25) is 11.8 Å². The van der Waals surface area contributed by atoms with E-state index in [-0.39, 0.29) is 24.8 Å². The molecule has 6 heteroatoms. The predicted octanol–water partition coefficient (Wildman–Crippen LogP) is 2.41. The van der Waals surface area contributed by atoms with Gasteiger partial charge in [-0.05, 0) is 29.3 Å². The molecule has 124 valence electrons. The molecule has 1 heterocycles. The number of benzene rings is 2. The van der Waals surface area contributed by atoms with E-state index in [2.05, 4.69) is 10.6 Å². The van der Waals surface area contributed by atoms with Gasteiger partial charge in [0.1, 0.15) is 11.6 Å². The van der Waals surface area contributed by atoms with Crippen LogP contribution in [0.3, 0.4) is 0 Å². The Bertz CT molecular complexity index is 777. The second-order valence-corrected chi connectivity index (χ2v) is 5.52. The van der Waals surface area contributed by atoms with Crippen molar-refractivity contribution >= 4 is 17.5 Å². The Labute approximate surface area is 138 Å². The summed E-state index contributed by atoms with van der Waals surface area (Å²) in [5, 5.41) is 5.52. The van der Waals surface area contributed by atoms with Crippen LogP contribution < -0.4 is 15.4 Å². The van der Waals surface area contributed by atoms with Crippen molar-refractivity contribution in [3.05, 3.63) is 59.4 Å². The third-order valence-corrected chi connectivity index (χ3v) is 3.70. The molecular formula is C18H17FN2O3. The zero-order valence-corrected chi connectivity index (χ0v) is 13.0. The second-order valence-electron chi connectivity index (χ2n) is 5.52. The molecule has 0 aliphatic carbocycles. The normalized spacial score (nSPS) is 13.3. The summed E-state index contributed by atoms with van der Waals surface area (Å²) in [6.45, 7) is 0.633. The molecule has 2 N–H and O–H groups in total. The Morgan fingerprint density at radius 2 is 2.08 bits per heavy atom. The van der Waals surface area contributed by atoms with Crippen molar-refractivity contribution in [1.29, 1.82) is 0 Å². The lowest BCUT2D eigenvalue weighted by atomic mass is 10.1. The predicted molar refractivity (Wildman–Crippen MR) is 87.1 cm³/mol. The number of nitrogens with one attached hydrogen (secondary N) is 2. The Morgan fingerprint density at radius 1 is 1.25 bits per heavy atom. The summed E-state index contributed by atoms with van der Waals surface area (Å²) in [5.41, 5.74) is 1.78. The molecule has 1 aliphatic heterocycles. The second kappa shape index (κ2) is 7.12. The first kappa shape index (κ1) is 16.0. The molecule has 0 saturated carbocycles. The average Bonchev–Trinajstić information content (AvgIpc) is 2.75. The fourth-order valence-corrected chi connectivity index (χ4v) is 2.45. The molecule has 0 aromatic heterocycles. The van der Waals surface area contributed by atoms with E-state index in [1.807, 2.05) is 6.07 Å². The number of anilines is 1. The first-order valence-corrected chi connectivity index (χ1v) is 7.67. The maximum Gasteiger partial charge on any atom is 0.227 e. The van der Waals surface area contributed by atoms with Crippen LogP contribution >= 0.6 is 0 Å². The van der Waals surface area contributed by atoms with Crippen molar-refractivity contribution in [3.63, 3.8) is 0 Å². The van der Waals surface area contributed by atoms with Crippen molar-refractivity contribution in [2.75, 3.05) is 11.9 Å². The van der Waals surface area contributed by atoms with Gasteiger partial charge in [0.25, 0.3) is 0 Å². The van der Waals surface area contributed by atoms with E-state index in [1.165, 1.54) is 6.07 Å². The van der Waals surface area contributed by atoms with E-state index in [0.717, 1.165) is 5.56 Å². The molecule has 24 heavy (non-hydrogen) atoms. The van der Waals surface area contributed by atoms with Gasteiger partial charge >= 0.3 is 0 Å². The van der Waals surface area contributed by atoms with Crippen LogP contribution in [0.25, 0.3) is 0 Å². The molecule has 2 aromatic carbocycles. The Kier molecular flexibility index (Phi) is 4.74. The number of halogens is 1. The summed E-state index contributed by atoms with van der Waals surface area (Å²) in [6, 6.07) is 11.5. The fraction of sp³-hybridized carbons (Fsp3) is 0.222. The van der Waals surface area contributed by atoms with Gasteiger partial charge in [-0.2, -0.15) is 0 Å². The molecular weight excluding hydrogens is 311 g/mol. The van der Waals surface area contributed by atoms with Gasteiger partial charge in [-0.3, -0.25) is 9.59 Å². The summed E-state index contributed by atoms with van der Waals surface area (Å²) >= 11 is 0. The molecule has 0 fully saturated rings. The molecule has 0 radical (unpaired) electrons. The van der Waals surface area contributed by atoms with Crippen molar-refractivity contribution in [3.8, 4) is 5.75 Å². The highest BCUT2D eigenvalue weighted by molar-refractivity contribution is 5.93. The number of carbonyl (C=O) groups excluding carboxylic acids is 2. The van der Waals surface area contributed by atoms with Crippen molar-refractivity contribution in [2.24, 2.45) is 0 Å². The lowest BCUT2D eigenvalue weighted by Crippen LogP contribution is -2.25. The first-order chi connectivity index (χ1) is 11.6. The van der Waals surface area contributed by atoms with Crippen molar-refractivity contribution in [1.82, 2.24) is 5.32 Å². The van der Waals surface area contributed by atoms with Crippen LogP contribution in [0, 0.1) is 5.82 Å². The summed E-state index contributed by atoms with van der Waals surface area (Å²) in [5.74, 6) is -0.148. The Balaban J connectivity index is 1.61. The van der Waals surface area contributed by atoms with Crippen molar-refractivity contribution < 1.29 is 18.7 Å². The summed E-state index contributed by atoms with van der Waals surface area (Å²) in [6.07, 6.45) is 0.293. The highest BCUT2D eigenvalue weighted by Crippen LogP contribution is 2.28. The number of hydrogen-bond donors (Lipinski definition) is 2. The lowest BCUT2D eigenvalue weighted by Gasteiger charge is -2.10. The molecule has 0 saturated heterocycles. The largest absolute Gasteiger partial charge is 0.491 e. The topological polar surface area (TPSA) is 67.4 Å². The molecule has 3 rings (SSSR count). The van der Waals surface area contributed by atoms with Crippen LogP contribution in [0.2, 0.25) is 0 Å². The van der Waals surface area contributed by atoms with Gasteiger partial charge in [-0.1, -0.05) is 24.3 Å². The minimum Gasteiger partial charge on any atom is -0.491 e. The molecule has 0 unspecified atom stereocenters. The molecule has 5 nitrogen and oxygen atoms in total. The minimum absolute atomic E-state index is 0.0164. The zero-order chi connectivity index (χ0) is 16.9. The first-order valence-electron chi connectivity index (χ1n) is 7.67. The number of hydrogen-bond acceptors (Lipinski definition) is 3. The van der Waals surface area contributed by atoms with E-state index in [1.54, 1.807) is 30.3 Å². The van der Waals surface area contributed by atoms with Gasteiger partial charge in [0.15, 0.2) is 0 Å². The van der Waals surface area contributed by atoms with Crippen LogP contribution in [0.4, 0.5) is 10.1 Å². The van der Waals surface area contributed by atoms with Crippen molar-refractivity contribution in [2.45, 2.75) is 19.4 Å². The standard InChI is InChI=1S/C18H17FN2O3/c19-14-4-2-1-3-13(14)10-18(23)20-11-12-5-6-16-15(9-12)21-17(22)7-8-24-16/h1-6,9H,7-8,10-11H2,(H,20,23)(H,21,22). The Morgan fingerprint density at radius 3 is 2.92 bits per heavy atom. The highest BCUT2D eigenvalue weighted by atomic mass is 19.1. The summed E-state index contributed by atoms with van der Waals surface area (Å²) in [4.78, 5) is 23.5. The number of fused-ring (bicyclic) bond motifs is 1. The third-order valence-electron chi connectivity index (χ3n) is 3.70. The van der Waals surface area contributed by atoms with Crippen LogP contribution in [-0.2, 0) is 22.6 Å². The maximum atomic E-state index is 13.5. The van der Waals surface area contributed by atoms with Gasteiger partial charge in [0, 0.05) is 6.54 Å². The van der Waals surface area contributed by atoms with E-state index in [4.69, 9.17) is 4.74 Å². The fourth-order valence-electron chi connectivity index (χ4n) is 2.45. The summed E-state index contributed by atoms with van der Waals surface area (Å²) < 4.78 is 19.0. The lowest BCUT2D eigenvalue weighted by molar-refractivity contribution is -0.120. The molecule has 0 atom stereocenters. The smallest absolute Gasteiger partial charge is 0.227 e.